The lowest BCUT2D eigenvalue weighted by Crippen LogP contribution is -2.58. The standard InChI is InChI=1S/C13H19BrN2O4S/c1-4-16(9-7-15-8-9)21(17,18)13-6-12(20-3)11(19-2)5-10(13)14/h5-6,9,15H,4,7-8H2,1-3H3. The van der Waals surface area contributed by atoms with Gasteiger partial charge in [0.15, 0.2) is 11.5 Å². The molecular weight excluding hydrogens is 360 g/mol. The number of hydrogen-bond acceptors (Lipinski definition) is 5. The monoisotopic (exact) mass is 378 g/mol. The third-order valence-corrected chi connectivity index (χ3v) is 6.49. The molecule has 0 amide bonds. The first-order valence-electron chi connectivity index (χ1n) is 6.59. The fourth-order valence-electron chi connectivity index (χ4n) is 2.26. The number of hydrogen-bond donors (Lipinski definition) is 1. The van der Waals surface area contributed by atoms with Crippen molar-refractivity contribution in [2.24, 2.45) is 0 Å². The summed E-state index contributed by atoms with van der Waals surface area (Å²) in [6.45, 7) is 3.62. The van der Waals surface area contributed by atoms with Crippen molar-refractivity contribution in [3.63, 3.8) is 0 Å². The molecule has 0 bridgehead atoms. The molecule has 1 fully saturated rings. The molecule has 1 saturated heterocycles. The summed E-state index contributed by atoms with van der Waals surface area (Å²) in [6.07, 6.45) is 0. The molecule has 0 radical (unpaired) electrons. The molecule has 0 saturated carbocycles. The second-order valence-corrected chi connectivity index (χ2v) is 7.37. The first kappa shape index (κ1) is 16.5. The number of benzene rings is 1. The Morgan fingerprint density at radius 2 is 1.86 bits per heavy atom. The van der Waals surface area contributed by atoms with Crippen LogP contribution in [0.25, 0.3) is 0 Å². The summed E-state index contributed by atoms with van der Waals surface area (Å²) in [5, 5.41) is 3.09. The summed E-state index contributed by atoms with van der Waals surface area (Å²) < 4.78 is 38.1. The zero-order chi connectivity index (χ0) is 15.6. The number of sulfonamides is 1. The highest BCUT2D eigenvalue weighted by Gasteiger charge is 2.35. The minimum atomic E-state index is -3.59. The Morgan fingerprint density at radius 3 is 2.29 bits per heavy atom. The first-order valence-corrected chi connectivity index (χ1v) is 8.83. The predicted octanol–water partition coefficient (Wildman–Crippen LogP) is 1.45. The number of halogens is 1. The van der Waals surface area contributed by atoms with E-state index in [0.29, 0.717) is 35.6 Å². The molecule has 1 aromatic rings. The maximum Gasteiger partial charge on any atom is 0.244 e. The third kappa shape index (κ3) is 3.03. The van der Waals surface area contributed by atoms with Crippen LogP contribution in [0.4, 0.5) is 0 Å². The summed E-state index contributed by atoms with van der Waals surface area (Å²) >= 11 is 3.32. The van der Waals surface area contributed by atoms with E-state index in [-0.39, 0.29) is 10.9 Å². The lowest BCUT2D eigenvalue weighted by atomic mass is 10.2. The molecule has 1 heterocycles. The van der Waals surface area contributed by atoms with E-state index in [9.17, 15) is 8.42 Å². The largest absolute Gasteiger partial charge is 0.493 e. The van der Waals surface area contributed by atoms with Gasteiger partial charge in [-0.25, -0.2) is 8.42 Å². The lowest BCUT2D eigenvalue weighted by Gasteiger charge is -2.36. The van der Waals surface area contributed by atoms with Gasteiger partial charge in [-0.15, -0.1) is 0 Å². The zero-order valence-corrected chi connectivity index (χ0v) is 14.6. The highest BCUT2D eigenvalue weighted by molar-refractivity contribution is 9.10. The van der Waals surface area contributed by atoms with Crippen LogP contribution in [0.15, 0.2) is 21.5 Å². The predicted molar refractivity (Wildman–Crippen MR) is 83.5 cm³/mol. The molecule has 0 atom stereocenters. The summed E-state index contributed by atoms with van der Waals surface area (Å²) in [6, 6.07) is 3.10. The van der Waals surface area contributed by atoms with E-state index >= 15 is 0 Å². The van der Waals surface area contributed by atoms with E-state index in [0.717, 1.165) is 0 Å². The number of nitrogens with zero attached hydrogens (tertiary/aromatic N) is 1. The van der Waals surface area contributed by atoms with Crippen molar-refractivity contribution >= 4 is 26.0 Å². The molecule has 0 unspecified atom stereocenters. The molecule has 2 rings (SSSR count). The number of rotatable bonds is 6. The van der Waals surface area contributed by atoms with Crippen LogP contribution in [-0.2, 0) is 10.0 Å². The molecule has 8 heteroatoms. The van der Waals surface area contributed by atoms with Gasteiger partial charge >= 0.3 is 0 Å². The van der Waals surface area contributed by atoms with Crippen molar-refractivity contribution < 1.29 is 17.9 Å². The third-order valence-electron chi connectivity index (χ3n) is 3.50. The quantitative estimate of drug-likeness (QED) is 0.811. The van der Waals surface area contributed by atoms with Gasteiger partial charge < -0.3 is 14.8 Å². The number of likely N-dealkylation sites (N-methyl/N-ethyl adjacent to an activating group) is 1. The fourth-order valence-corrected chi connectivity index (χ4v) is 4.89. The zero-order valence-electron chi connectivity index (χ0n) is 12.2. The van der Waals surface area contributed by atoms with Gasteiger partial charge in [0.2, 0.25) is 10.0 Å². The topological polar surface area (TPSA) is 67.9 Å². The van der Waals surface area contributed by atoms with Crippen molar-refractivity contribution in [2.75, 3.05) is 33.9 Å². The van der Waals surface area contributed by atoms with E-state index in [2.05, 4.69) is 21.2 Å². The van der Waals surface area contributed by atoms with Crippen molar-refractivity contribution in [3.8, 4) is 11.5 Å². The Morgan fingerprint density at radius 1 is 1.29 bits per heavy atom. The van der Waals surface area contributed by atoms with Crippen LogP contribution in [0.1, 0.15) is 6.92 Å². The second kappa shape index (κ2) is 6.51. The number of ether oxygens (including phenoxy) is 2. The molecule has 118 valence electrons. The normalized spacial score (nSPS) is 15.9. The van der Waals surface area contributed by atoms with Gasteiger partial charge in [-0.05, 0) is 22.0 Å². The average molecular weight is 379 g/mol. The van der Waals surface area contributed by atoms with Crippen LogP contribution < -0.4 is 14.8 Å². The van der Waals surface area contributed by atoms with Crippen molar-refractivity contribution in [1.29, 1.82) is 0 Å². The molecule has 6 nitrogen and oxygen atoms in total. The average Bonchev–Trinajstić information content (AvgIpc) is 2.41. The fraction of sp³-hybridized carbons (Fsp3) is 0.538. The molecule has 21 heavy (non-hydrogen) atoms. The SMILES string of the molecule is CCN(C1CNC1)S(=O)(=O)c1cc(OC)c(OC)cc1Br. The van der Waals surface area contributed by atoms with Gasteiger partial charge in [0.1, 0.15) is 4.90 Å². The molecule has 1 aromatic carbocycles. The maximum absolute atomic E-state index is 12.9. The maximum atomic E-state index is 12.9. The summed E-state index contributed by atoms with van der Waals surface area (Å²) in [5.74, 6) is 0.874. The number of methoxy groups -OCH3 is 2. The lowest BCUT2D eigenvalue weighted by molar-refractivity contribution is 0.249. The smallest absolute Gasteiger partial charge is 0.244 e. The molecule has 0 aliphatic carbocycles. The van der Waals surface area contributed by atoms with E-state index in [1.807, 2.05) is 6.92 Å². The van der Waals surface area contributed by atoms with Crippen LogP contribution in [-0.4, -0.2) is 52.6 Å². The summed E-state index contributed by atoms with van der Waals surface area (Å²) in [4.78, 5) is 0.189. The van der Waals surface area contributed by atoms with Crippen molar-refractivity contribution in [3.05, 3.63) is 16.6 Å². The molecule has 0 spiro atoms. The van der Waals surface area contributed by atoms with E-state index in [1.165, 1.54) is 24.6 Å². The van der Waals surface area contributed by atoms with Gasteiger partial charge in [-0.3, -0.25) is 0 Å². The van der Waals surface area contributed by atoms with Crippen molar-refractivity contribution in [2.45, 2.75) is 17.9 Å². The second-order valence-electron chi connectivity index (χ2n) is 4.66. The Hall–Kier alpha value is -0.830. The highest BCUT2D eigenvalue weighted by atomic mass is 79.9. The Balaban J connectivity index is 2.48. The van der Waals surface area contributed by atoms with Crippen molar-refractivity contribution in [1.82, 2.24) is 9.62 Å². The molecule has 1 aliphatic rings. The van der Waals surface area contributed by atoms with Crippen LogP contribution in [0.2, 0.25) is 0 Å². The first-order chi connectivity index (χ1) is 9.95. The molecular formula is C13H19BrN2O4S. The Kier molecular flexibility index (Phi) is 5.13. The van der Waals surface area contributed by atoms with E-state index in [1.54, 1.807) is 6.07 Å². The van der Waals surface area contributed by atoms with E-state index < -0.39 is 10.0 Å². The summed E-state index contributed by atoms with van der Waals surface area (Å²) in [7, 11) is -0.596. The Labute approximate surface area is 133 Å². The van der Waals surface area contributed by atoms with Crippen LogP contribution in [0, 0.1) is 0 Å². The van der Waals surface area contributed by atoms with Gasteiger partial charge in [-0.1, -0.05) is 6.92 Å². The Bertz CT molecular complexity index is 617. The van der Waals surface area contributed by atoms with Gasteiger partial charge in [0, 0.05) is 30.2 Å². The molecule has 0 aromatic heterocycles. The van der Waals surface area contributed by atoms with Crippen LogP contribution in [0.5, 0.6) is 11.5 Å². The molecule has 1 aliphatic heterocycles. The summed E-state index contributed by atoms with van der Waals surface area (Å²) in [5.41, 5.74) is 0. The van der Waals surface area contributed by atoms with Crippen LogP contribution in [0.3, 0.4) is 0 Å². The van der Waals surface area contributed by atoms with Gasteiger partial charge in [0.05, 0.1) is 20.3 Å². The van der Waals surface area contributed by atoms with E-state index in [4.69, 9.17) is 9.47 Å². The minimum Gasteiger partial charge on any atom is -0.493 e. The van der Waals surface area contributed by atoms with Crippen LogP contribution >= 0.6 is 15.9 Å². The van der Waals surface area contributed by atoms with Gasteiger partial charge in [-0.2, -0.15) is 4.31 Å². The van der Waals surface area contributed by atoms with Gasteiger partial charge in [0.25, 0.3) is 0 Å². The molecule has 1 N–H and O–H groups in total. The highest BCUT2D eigenvalue weighted by Crippen LogP contribution is 2.37. The minimum absolute atomic E-state index is 0.00000318. The number of nitrogens with one attached hydrogen (secondary N) is 1.